The van der Waals surface area contributed by atoms with Crippen LogP contribution in [-0.2, 0) is 0 Å². The van der Waals surface area contributed by atoms with Crippen molar-refractivity contribution < 1.29 is 0 Å². The minimum absolute atomic E-state index is 1.30. The topological polar surface area (TPSA) is 0 Å². The molecule has 0 spiro atoms. The van der Waals surface area contributed by atoms with Gasteiger partial charge in [0.05, 0.1) is 0 Å². The normalized spacial score (nSPS) is 13.3. The fourth-order valence-corrected chi connectivity index (χ4v) is 6.26. The van der Waals surface area contributed by atoms with Gasteiger partial charge in [-0.15, -0.1) is 0 Å². The SMILES string of the molecule is C[SH](C)(C)(c1ccccc1)c1ccccc1-c1ccccc1. The minimum atomic E-state index is -2.17. The van der Waals surface area contributed by atoms with Gasteiger partial charge in [-0.2, -0.15) is 0 Å². The molecule has 0 N–H and O–H groups in total. The molecule has 0 saturated heterocycles. The number of hydrogen-bond donors (Lipinski definition) is 1. The van der Waals surface area contributed by atoms with Crippen LogP contribution in [0.1, 0.15) is 0 Å². The maximum absolute atomic E-state index is 2.45. The van der Waals surface area contributed by atoms with Crippen molar-refractivity contribution >= 4 is 9.16 Å². The van der Waals surface area contributed by atoms with Crippen LogP contribution >= 0.6 is 9.16 Å². The molecule has 3 rings (SSSR count). The van der Waals surface area contributed by atoms with E-state index in [1.807, 2.05) is 0 Å². The van der Waals surface area contributed by atoms with E-state index in [0.717, 1.165) is 0 Å². The molecule has 1 heteroatoms. The summed E-state index contributed by atoms with van der Waals surface area (Å²) in [6, 6.07) is 30.5. The molecule has 0 heterocycles. The zero-order valence-corrected chi connectivity index (χ0v) is 14.4. The number of thiol groups is 1. The molecule has 0 unspecified atom stereocenters. The van der Waals surface area contributed by atoms with E-state index in [0.29, 0.717) is 0 Å². The van der Waals surface area contributed by atoms with Crippen LogP contribution in [0.3, 0.4) is 0 Å². The van der Waals surface area contributed by atoms with Crippen LogP contribution in [-0.4, -0.2) is 18.8 Å². The third-order valence-corrected chi connectivity index (χ3v) is 8.67. The molecule has 0 amide bonds. The molecule has 114 valence electrons. The Balaban J connectivity index is 2.25. The zero-order chi connectivity index (χ0) is 15.7. The van der Waals surface area contributed by atoms with Gasteiger partial charge in [0.2, 0.25) is 0 Å². The molecule has 0 aromatic heterocycles. The second-order valence-electron chi connectivity index (χ2n) is 7.01. The molecule has 0 radical (unpaired) electrons. The predicted molar refractivity (Wildman–Crippen MR) is 102 cm³/mol. The Hall–Kier alpha value is -1.99. The van der Waals surface area contributed by atoms with Gasteiger partial charge in [0.15, 0.2) is 0 Å². The molecule has 0 fully saturated rings. The summed E-state index contributed by atoms with van der Waals surface area (Å²) in [4.78, 5) is 2.93. The number of hydrogen-bond acceptors (Lipinski definition) is 0. The highest BCUT2D eigenvalue weighted by molar-refractivity contribution is 8.48. The van der Waals surface area contributed by atoms with Crippen LogP contribution in [0, 0.1) is 0 Å². The average molecular weight is 308 g/mol. The third kappa shape index (κ3) is 2.57. The lowest BCUT2D eigenvalue weighted by molar-refractivity contribution is 1.32. The first-order valence-corrected chi connectivity index (χ1v) is 11.3. The van der Waals surface area contributed by atoms with E-state index in [4.69, 9.17) is 0 Å². The van der Waals surface area contributed by atoms with E-state index < -0.39 is 9.16 Å². The van der Waals surface area contributed by atoms with Gasteiger partial charge >= 0.3 is 0 Å². The molecule has 3 aromatic carbocycles. The second-order valence-corrected chi connectivity index (χ2v) is 13.6. The fourth-order valence-electron chi connectivity index (χ4n) is 3.11. The molecular formula is C21H24S. The van der Waals surface area contributed by atoms with Crippen LogP contribution in [0.25, 0.3) is 11.1 Å². The van der Waals surface area contributed by atoms with Crippen molar-refractivity contribution in [3.63, 3.8) is 0 Å². The average Bonchev–Trinajstić information content (AvgIpc) is 2.56. The fraction of sp³-hybridized carbons (Fsp3) is 0.143. The van der Waals surface area contributed by atoms with Crippen LogP contribution < -0.4 is 0 Å². The summed E-state index contributed by atoms with van der Waals surface area (Å²) in [7, 11) is -2.17. The summed E-state index contributed by atoms with van der Waals surface area (Å²) in [5.74, 6) is 0. The monoisotopic (exact) mass is 308 g/mol. The molecular weight excluding hydrogens is 284 g/mol. The summed E-state index contributed by atoms with van der Waals surface area (Å²) in [5.41, 5.74) is 2.66. The van der Waals surface area contributed by atoms with Gasteiger partial charge in [-0.3, -0.25) is 0 Å². The summed E-state index contributed by atoms with van der Waals surface area (Å²) in [5, 5.41) is 0. The van der Waals surface area contributed by atoms with Gasteiger partial charge in [-0.1, -0.05) is 84.9 Å². The summed E-state index contributed by atoms with van der Waals surface area (Å²) in [6.07, 6.45) is 7.34. The first-order chi connectivity index (χ1) is 10.5. The highest BCUT2D eigenvalue weighted by Gasteiger charge is 2.32. The van der Waals surface area contributed by atoms with Gasteiger partial charge in [0.25, 0.3) is 0 Å². The lowest BCUT2D eigenvalue weighted by Gasteiger charge is -2.53. The van der Waals surface area contributed by atoms with Crippen molar-refractivity contribution in [1.82, 2.24) is 0 Å². The van der Waals surface area contributed by atoms with Crippen molar-refractivity contribution in [3.05, 3.63) is 84.9 Å². The van der Waals surface area contributed by atoms with E-state index >= 15 is 0 Å². The van der Waals surface area contributed by atoms with E-state index in [2.05, 4.69) is 104 Å². The van der Waals surface area contributed by atoms with Crippen molar-refractivity contribution in [2.45, 2.75) is 9.79 Å². The second kappa shape index (κ2) is 5.33. The first-order valence-electron chi connectivity index (χ1n) is 7.69. The van der Waals surface area contributed by atoms with Crippen LogP contribution in [0.5, 0.6) is 0 Å². The lowest BCUT2D eigenvalue weighted by atomic mass is 10.1. The minimum Gasteiger partial charge on any atom is -0.248 e. The third-order valence-electron chi connectivity index (χ3n) is 4.49. The Morgan fingerprint density at radius 1 is 0.545 bits per heavy atom. The summed E-state index contributed by atoms with van der Waals surface area (Å²) < 4.78 is 0. The maximum Gasteiger partial charge on any atom is -0.00746 e. The Morgan fingerprint density at radius 3 is 1.68 bits per heavy atom. The zero-order valence-electron chi connectivity index (χ0n) is 13.5. The molecule has 0 atom stereocenters. The van der Waals surface area contributed by atoms with Gasteiger partial charge in [0.1, 0.15) is 0 Å². The standard InChI is InChI=1S/C21H24S/c1-22(2,3,19-14-8-5-9-15-19)21-17-11-10-16-20(21)18-12-6-4-7-13-18/h4-17,22H,1-3H3. The molecule has 0 aliphatic heterocycles. The number of rotatable bonds is 3. The molecule has 0 aliphatic rings. The molecule has 0 nitrogen and oxygen atoms in total. The molecule has 0 bridgehead atoms. The highest BCUT2D eigenvalue weighted by Crippen LogP contribution is 2.74. The quantitative estimate of drug-likeness (QED) is 0.587. The van der Waals surface area contributed by atoms with Crippen LogP contribution in [0.15, 0.2) is 94.7 Å². The Bertz CT molecular complexity index is 765. The maximum atomic E-state index is 2.45. The number of benzene rings is 3. The van der Waals surface area contributed by atoms with Gasteiger partial charge < -0.3 is 0 Å². The van der Waals surface area contributed by atoms with E-state index in [-0.39, 0.29) is 0 Å². The van der Waals surface area contributed by atoms with E-state index in [1.54, 1.807) is 0 Å². The molecule has 3 aromatic rings. The summed E-state index contributed by atoms with van der Waals surface area (Å²) >= 11 is 0. The van der Waals surface area contributed by atoms with Crippen molar-refractivity contribution in [2.24, 2.45) is 0 Å². The van der Waals surface area contributed by atoms with Gasteiger partial charge in [0, 0.05) is 0 Å². The van der Waals surface area contributed by atoms with E-state index in [9.17, 15) is 0 Å². The Kier molecular flexibility index (Phi) is 3.62. The summed E-state index contributed by atoms with van der Waals surface area (Å²) in [6.45, 7) is 0. The Labute approximate surface area is 134 Å². The Morgan fingerprint density at radius 2 is 1.05 bits per heavy atom. The molecule has 0 saturated carbocycles. The van der Waals surface area contributed by atoms with Crippen LogP contribution in [0.4, 0.5) is 0 Å². The van der Waals surface area contributed by atoms with Crippen molar-refractivity contribution in [2.75, 3.05) is 18.8 Å². The van der Waals surface area contributed by atoms with Gasteiger partial charge in [-0.25, -0.2) is 9.16 Å². The van der Waals surface area contributed by atoms with Gasteiger partial charge in [-0.05, 0) is 39.7 Å². The molecule has 22 heavy (non-hydrogen) atoms. The van der Waals surface area contributed by atoms with Crippen molar-refractivity contribution in [3.8, 4) is 11.1 Å². The van der Waals surface area contributed by atoms with Crippen molar-refractivity contribution in [1.29, 1.82) is 0 Å². The highest BCUT2D eigenvalue weighted by atomic mass is 32.3. The van der Waals surface area contributed by atoms with Crippen LogP contribution in [0.2, 0.25) is 0 Å². The van der Waals surface area contributed by atoms with E-state index in [1.165, 1.54) is 20.9 Å². The lowest BCUT2D eigenvalue weighted by Crippen LogP contribution is -2.15. The molecule has 0 aliphatic carbocycles. The smallest absolute Gasteiger partial charge is 0.00746 e. The largest absolute Gasteiger partial charge is 0.248 e. The predicted octanol–water partition coefficient (Wildman–Crippen LogP) is 5.73. The first kappa shape index (κ1) is 14.9.